The molecule has 0 aromatic heterocycles. The van der Waals surface area contributed by atoms with Gasteiger partial charge in [-0.1, -0.05) is 0 Å². The van der Waals surface area contributed by atoms with Crippen LogP contribution < -0.4 is 0 Å². The maximum atomic E-state index is 5.75. The summed E-state index contributed by atoms with van der Waals surface area (Å²) in [6.07, 6.45) is 0. The van der Waals surface area contributed by atoms with Gasteiger partial charge in [-0.25, -0.2) is 0 Å². The molecule has 0 radical (unpaired) electrons. The van der Waals surface area contributed by atoms with E-state index in [0.29, 0.717) is 0 Å². The average molecular weight is 348 g/mol. The van der Waals surface area contributed by atoms with Crippen molar-refractivity contribution in [3.05, 3.63) is 11.9 Å². The molecule has 0 aromatic rings. The van der Waals surface area contributed by atoms with Gasteiger partial charge in [-0.15, -0.1) is 0 Å². The molecule has 7 N–H and O–H groups in total. The Labute approximate surface area is 65.3 Å². The zero-order valence-electron chi connectivity index (χ0n) is 4.15. The standard InChI is InChI=1S/CH4N.2ClH.H2N.2H2O.Pt/c1-2;;;;;;/h2H,1H3;2*1H;3*1H2;/q-1;;;-1;;;+4/p-2. The van der Waals surface area contributed by atoms with Crippen molar-refractivity contribution in [2.24, 2.45) is 0 Å². The van der Waals surface area contributed by atoms with E-state index in [2.05, 4.69) is 0 Å². The molecule has 0 unspecified atom stereocenters. The number of nitrogens with one attached hydrogen (secondary N) is 1. The summed E-state index contributed by atoms with van der Waals surface area (Å²) in [5, 5.41) is 0. The van der Waals surface area contributed by atoms with Crippen LogP contribution in [-0.2, 0) is 16.5 Å². The third-order valence-corrected chi connectivity index (χ3v) is 0. The number of halogens is 2. The van der Waals surface area contributed by atoms with Crippen LogP contribution in [0.5, 0.6) is 0 Å². The van der Waals surface area contributed by atoms with Crippen LogP contribution in [-0.4, -0.2) is 18.0 Å². The Morgan fingerprint density at radius 3 is 1.12 bits per heavy atom. The second-order valence-corrected chi connectivity index (χ2v) is 3.33. The maximum absolute atomic E-state index is 5.75. The summed E-state index contributed by atoms with van der Waals surface area (Å²) < 4.78 is 0. The van der Waals surface area contributed by atoms with E-state index in [9.17, 15) is 0 Å². The van der Waals surface area contributed by atoms with Crippen molar-refractivity contribution in [3.8, 4) is 0 Å². The summed E-state index contributed by atoms with van der Waals surface area (Å²) >= 11 is -0.472. The Kier molecular flexibility index (Phi) is 409. The molecule has 0 aliphatic heterocycles. The molecular weight excluding hydrogens is 338 g/mol. The molecule has 0 aromatic carbocycles. The second kappa shape index (κ2) is 92.2. The van der Waals surface area contributed by atoms with E-state index in [1.807, 2.05) is 0 Å². The predicted molar refractivity (Wildman–Crippen MR) is 34.5 cm³/mol. The molecule has 0 aliphatic carbocycles. The molecule has 0 heterocycles. The number of nitrogens with two attached hydrogens (primary N) is 1. The summed E-state index contributed by atoms with van der Waals surface area (Å²) in [6, 6.07) is 0. The maximum Gasteiger partial charge on any atom is -0.693 e. The van der Waals surface area contributed by atoms with Crippen LogP contribution >= 0.6 is 18.8 Å². The van der Waals surface area contributed by atoms with Crippen LogP contribution in [0, 0.1) is 0 Å². The van der Waals surface area contributed by atoms with Gasteiger partial charge in [0.05, 0.1) is 0 Å². The molecule has 0 rings (SSSR count). The first kappa shape index (κ1) is 35.5. The Morgan fingerprint density at radius 1 is 1.12 bits per heavy atom. The van der Waals surface area contributed by atoms with Gasteiger partial charge in [0.1, 0.15) is 0 Å². The Balaban J connectivity index is -0.00000000567. The minimum Gasteiger partial charge on any atom is -0.693 e. The van der Waals surface area contributed by atoms with Crippen molar-refractivity contribution in [3.63, 3.8) is 0 Å². The quantitative estimate of drug-likeness (QED) is 0.623. The molecule has 0 fully saturated rings. The first-order valence-electron chi connectivity index (χ1n) is 0.739. The smallest absolute Gasteiger partial charge is 0.693 e. The van der Waals surface area contributed by atoms with Gasteiger partial charge in [0.2, 0.25) is 0 Å². The van der Waals surface area contributed by atoms with Crippen LogP contribution in [0.15, 0.2) is 0 Å². The zero-order valence-corrected chi connectivity index (χ0v) is 7.93. The number of hydrogen-bond donors (Lipinski definition) is 0. The van der Waals surface area contributed by atoms with Crippen molar-refractivity contribution in [2.45, 2.75) is 0 Å². The summed E-state index contributed by atoms with van der Waals surface area (Å²) in [6.45, 7) is 0. The zero-order chi connectivity index (χ0) is 4.71. The molecule has 0 amide bonds. The monoisotopic (exact) mass is 347 g/mol. The van der Waals surface area contributed by atoms with E-state index in [1.54, 1.807) is 0 Å². The molecule has 0 aliphatic rings. The van der Waals surface area contributed by atoms with Gasteiger partial charge in [0.15, 0.2) is 0 Å². The van der Waals surface area contributed by atoms with Crippen LogP contribution in [0.3, 0.4) is 0 Å². The van der Waals surface area contributed by atoms with Crippen molar-refractivity contribution < 1.29 is 27.4 Å². The SMILES string of the molecule is C[NH-].O.O.[Cl][Pt+2][Cl].[NH2-]. The fourth-order valence-corrected chi connectivity index (χ4v) is 0. The van der Waals surface area contributed by atoms with E-state index >= 15 is 0 Å². The number of rotatable bonds is 0. The van der Waals surface area contributed by atoms with Crippen molar-refractivity contribution in [1.29, 1.82) is 0 Å². The van der Waals surface area contributed by atoms with E-state index in [1.165, 1.54) is 7.05 Å². The van der Waals surface area contributed by atoms with Gasteiger partial charge >= 0.3 is 35.3 Å². The molecule has 0 bridgehead atoms. The van der Waals surface area contributed by atoms with Gasteiger partial charge < -0.3 is 22.8 Å². The molecule has 4 nitrogen and oxygen atoms in total. The van der Waals surface area contributed by atoms with Crippen LogP contribution in [0.4, 0.5) is 0 Å². The van der Waals surface area contributed by atoms with Crippen molar-refractivity contribution >= 4 is 18.8 Å². The largest absolute Gasteiger partial charge is 0.693 e. The van der Waals surface area contributed by atoms with Crippen LogP contribution in [0.25, 0.3) is 11.9 Å². The van der Waals surface area contributed by atoms with Crippen LogP contribution in [0.2, 0.25) is 0 Å². The normalized spacial score (nSPS) is 3.50. The first-order valence-corrected chi connectivity index (χ1v) is 6.37. The van der Waals surface area contributed by atoms with Crippen molar-refractivity contribution in [1.82, 2.24) is 0 Å². The van der Waals surface area contributed by atoms with E-state index in [4.69, 9.17) is 24.6 Å². The van der Waals surface area contributed by atoms with E-state index < -0.39 is 16.5 Å². The predicted octanol–water partition coefficient (Wildman–Crippen LogP) is 1.11. The third-order valence-electron chi connectivity index (χ3n) is 0. The second-order valence-electron chi connectivity index (χ2n) is 0.0452. The van der Waals surface area contributed by atoms with Gasteiger partial charge in [0, 0.05) is 0 Å². The third kappa shape index (κ3) is 216. The Hall–Kier alpha value is 1.11. The Morgan fingerprint density at radius 2 is 1.12 bits per heavy atom. The molecule has 7 heteroatoms. The number of hydrogen-bond acceptors (Lipinski definition) is 0. The van der Waals surface area contributed by atoms with Crippen molar-refractivity contribution in [2.75, 3.05) is 7.05 Å². The first-order chi connectivity index (χ1) is 2.41. The fraction of sp³-hybridized carbons (Fsp3) is 1.00. The van der Waals surface area contributed by atoms with E-state index in [0.717, 1.165) is 0 Å². The molecular formula is CH10Cl2N2O2Pt. The fourth-order valence-electron chi connectivity index (χ4n) is 0. The summed E-state index contributed by atoms with van der Waals surface area (Å²) in [5.74, 6) is 0. The molecule has 0 atom stereocenters. The minimum atomic E-state index is -0.472. The van der Waals surface area contributed by atoms with Crippen LogP contribution in [0.1, 0.15) is 0 Å². The topological polar surface area (TPSA) is 120 Å². The van der Waals surface area contributed by atoms with Gasteiger partial charge in [0.25, 0.3) is 0 Å². The van der Waals surface area contributed by atoms with E-state index in [-0.39, 0.29) is 17.1 Å². The van der Waals surface area contributed by atoms with Gasteiger partial charge in [-0.05, 0) is 0 Å². The summed E-state index contributed by atoms with van der Waals surface area (Å²) in [4.78, 5) is 0. The van der Waals surface area contributed by atoms with Gasteiger partial charge in [-0.2, -0.15) is 7.05 Å². The van der Waals surface area contributed by atoms with Gasteiger partial charge in [-0.3, -0.25) is 0 Å². The Bertz CT molecular complexity index is 18.0. The average Bonchev–Trinajstić information content (AvgIpc) is 1.46. The summed E-state index contributed by atoms with van der Waals surface area (Å²) in [7, 11) is 11.0. The molecule has 0 spiro atoms. The molecule has 60 valence electrons. The molecule has 8 heavy (non-hydrogen) atoms. The minimum absolute atomic E-state index is 0. The molecule has 0 saturated heterocycles. The summed E-state index contributed by atoms with van der Waals surface area (Å²) in [5.41, 5.74) is 5.75. The molecule has 0 saturated carbocycles.